The predicted molar refractivity (Wildman–Crippen MR) is 189 cm³/mol. The van der Waals surface area contributed by atoms with E-state index in [0.717, 1.165) is 27.8 Å². The summed E-state index contributed by atoms with van der Waals surface area (Å²) in [5.41, 5.74) is 6.68. The van der Waals surface area contributed by atoms with Crippen molar-refractivity contribution in [1.29, 1.82) is 0 Å². The highest BCUT2D eigenvalue weighted by atomic mass is 16.7. The summed E-state index contributed by atoms with van der Waals surface area (Å²) in [4.78, 5) is 16.5. The molecular formula is C41H42N2O8. The number of nitrogens with one attached hydrogen (secondary N) is 1. The van der Waals surface area contributed by atoms with Gasteiger partial charge in [-0.3, -0.25) is 10.1 Å². The lowest BCUT2D eigenvalue weighted by Crippen LogP contribution is -2.67. The van der Waals surface area contributed by atoms with Gasteiger partial charge in [-0.1, -0.05) is 79.4 Å². The molecule has 1 unspecified atom stereocenters. The van der Waals surface area contributed by atoms with E-state index in [1.54, 1.807) is 13.2 Å². The molecule has 4 aliphatic rings. The van der Waals surface area contributed by atoms with Crippen molar-refractivity contribution in [2.45, 2.75) is 63.8 Å². The maximum atomic E-state index is 14.7. The number of aliphatic hydroxyl groups excluding tert-OH is 1. The molecule has 1 amide bonds. The van der Waals surface area contributed by atoms with E-state index in [1.807, 2.05) is 79.4 Å². The van der Waals surface area contributed by atoms with Gasteiger partial charge in [-0.15, -0.1) is 0 Å². The Labute approximate surface area is 297 Å². The molecule has 0 aromatic heterocycles. The summed E-state index contributed by atoms with van der Waals surface area (Å²) in [5, 5.41) is 16.3. The molecule has 10 heteroatoms. The molecule has 4 heterocycles. The number of methoxy groups -OCH3 is 1. The van der Waals surface area contributed by atoms with E-state index in [-0.39, 0.29) is 25.9 Å². The third kappa shape index (κ3) is 5.58. The first-order chi connectivity index (χ1) is 24.9. The van der Waals surface area contributed by atoms with Crippen LogP contribution in [-0.4, -0.2) is 55.1 Å². The van der Waals surface area contributed by atoms with Crippen molar-refractivity contribution in [1.82, 2.24) is 10.2 Å². The van der Waals surface area contributed by atoms with Crippen LogP contribution in [-0.2, 0) is 29.2 Å². The first-order valence-electron chi connectivity index (χ1n) is 17.4. The monoisotopic (exact) mass is 690 g/mol. The lowest BCUT2D eigenvalue weighted by molar-refractivity contribution is -0.156. The largest absolute Gasteiger partial charge is 0.493 e. The summed E-state index contributed by atoms with van der Waals surface area (Å²) in [7, 11) is 1.64. The zero-order valence-corrected chi connectivity index (χ0v) is 29.0. The van der Waals surface area contributed by atoms with Crippen molar-refractivity contribution in [3.8, 4) is 28.7 Å². The molecule has 0 spiro atoms. The molecule has 2 bridgehead atoms. The fraction of sp³-hybridized carbons (Fsp3) is 0.341. The number of rotatable bonds is 11. The third-order valence-corrected chi connectivity index (χ3v) is 10.4. The standard InChI is InChI=1S/C41H42N2O8/c1-5-16-48-37-24(3)38-40(51-22-50-38)31-29(21-47-19-25-12-8-6-9-13-25)43-34(35(44)32(31)37)33-30-27(18-28(42-33)41(43)45)17-23(2)36(46-4)39(30)49-20-26-14-10-7-11-15-26/h5-15,17,28-29,33-35,42,44H,1,16,18-22H2,2-4H3/t28-,29+,33-,34+,35?/m1/s1. The van der Waals surface area contributed by atoms with Crippen molar-refractivity contribution in [3.63, 3.8) is 0 Å². The highest BCUT2D eigenvalue weighted by Crippen LogP contribution is 2.59. The first kappa shape index (κ1) is 33.1. The average molecular weight is 691 g/mol. The van der Waals surface area contributed by atoms with Crippen LogP contribution in [0.25, 0.3) is 0 Å². The van der Waals surface area contributed by atoms with Gasteiger partial charge >= 0.3 is 0 Å². The van der Waals surface area contributed by atoms with Crippen molar-refractivity contribution in [3.05, 3.63) is 124 Å². The maximum Gasteiger partial charge on any atom is 0.241 e. The molecule has 0 aliphatic carbocycles. The molecule has 2 N–H and O–H groups in total. The van der Waals surface area contributed by atoms with Gasteiger partial charge < -0.3 is 38.4 Å². The Morgan fingerprint density at radius 1 is 0.922 bits per heavy atom. The number of piperazine rings is 1. The molecule has 264 valence electrons. The minimum absolute atomic E-state index is 0.0139. The van der Waals surface area contributed by atoms with Gasteiger partial charge in [-0.05, 0) is 42.5 Å². The number of aliphatic hydroxyl groups is 1. The number of benzene rings is 4. The van der Waals surface area contributed by atoms with E-state index in [2.05, 4.69) is 18.0 Å². The summed E-state index contributed by atoms with van der Waals surface area (Å²) < 4.78 is 37.5. The summed E-state index contributed by atoms with van der Waals surface area (Å²) in [5.74, 6) is 2.62. The van der Waals surface area contributed by atoms with Crippen LogP contribution in [0.1, 0.15) is 62.7 Å². The van der Waals surface area contributed by atoms with Gasteiger partial charge in [0.15, 0.2) is 23.0 Å². The molecular weight excluding hydrogens is 648 g/mol. The van der Waals surface area contributed by atoms with Gasteiger partial charge in [0.1, 0.15) is 25.1 Å². The van der Waals surface area contributed by atoms with Crippen LogP contribution >= 0.6 is 0 Å². The normalized spacial score (nSPS) is 22.5. The lowest BCUT2D eigenvalue weighted by atomic mass is 9.73. The second-order valence-corrected chi connectivity index (χ2v) is 13.4. The average Bonchev–Trinajstić information content (AvgIpc) is 3.64. The Balaban J connectivity index is 1.29. The van der Waals surface area contributed by atoms with Gasteiger partial charge in [0.05, 0.1) is 44.5 Å². The molecule has 4 aromatic rings. The molecule has 0 radical (unpaired) electrons. The van der Waals surface area contributed by atoms with Crippen LogP contribution in [0.5, 0.6) is 28.7 Å². The summed E-state index contributed by atoms with van der Waals surface area (Å²) in [6.07, 6.45) is 0.929. The number of hydrogen-bond donors (Lipinski definition) is 2. The lowest BCUT2D eigenvalue weighted by Gasteiger charge is -2.55. The molecule has 0 saturated carbocycles. The van der Waals surface area contributed by atoms with E-state index in [9.17, 15) is 9.90 Å². The van der Waals surface area contributed by atoms with Gasteiger partial charge in [0.2, 0.25) is 12.7 Å². The van der Waals surface area contributed by atoms with Crippen LogP contribution in [0.2, 0.25) is 0 Å². The SMILES string of the molecule is C=CCOc1c(C)c2c(c3c1C(O)[C@@H]1[C@@H]4N[C@H](Cc5cc(C)c(OC)c(OCc6ccccc6)c54)C(=O)N1[C@H]3COCc1ccccc1)OCO2. The van der Waals surface area contributed by atoms with E-state index < -0.39 is 30.3 Å². The molecule has 5 atom stereocenters. The molecule has 4 aliphatic heterocycles. The summed E-state index contributed by atoms with van der Waals surface area (Å²) in [6.45, 7) is 8.77. The minimum atomic E-state index is -1.18. The third-order valence-electron chi connectivity index (χ3n) is 10.4. The van der Waals surface area contributed by atoms with E-state index in [4.69, 9.17) is 28.4 Å². The van der Waals surface area contributed by atoms with Gasteiger partial charge in [0, 0.05) is 22.3 Å². The quantitative estimate of drug-likeness (QED) is 0.185. The molecule has 4 aromatic carbocycles. The number of hydrogen-bond acceptors (Lipinski definition) is 9. The number of carbonyl (C=O) groups is 1. The number of nitrogens with zero attached hydrogens (tertiary/aromatic N) is 1. The van der Waals surface area contributed by atoms with Crippen LogP contribution in [0.4, 0.5) is 0 Å². The number of carbonyl (C=O) groups excluding carboxylic acids is 1. The summed E-state index contributed by atoms with van der Waals surface area (Å²) in [6, 6.07) is 19.5. The molecule has 10 nitrogen and oxygen atoms in total. The molecule has 51 heavy (non-hydrogen) atoms. The number of ether oxygens (including phenoxy) is 6. The molecule has 8 rings (SSSR count). The predicted octanol–water partition coefficient (Wildman–Crippen LogP) is 5.96. The van der Waals surface area contributed by atoms with Crippen LogP contribution < -0.4 is 29.0 Å². The van der Waals surface area contributed by atoms with Gasteiger partial charge in [-0.2, -0.15) is 0 Å². The summed E-state index contributed by atoms with van der Waals surface area (Å²) >= 11 is 0. The fourth-order valence-electron chi connectivity index (χ4n) is 8.27. The van der Waals surface area contributed by atoms with Gasteiger partial charge in [0.25, 0.3) is 0 Å². The topological polar surface area (TPSA) is 108 Å². The second-order valence-electron chi connectivity index (χ2n) is 13.4. The van der Waals surface area contributed by atoms with Crippen LogP contribution in [0.15, 0.2) is 79.4 Å². The second kappa shape index (κ2) is 13.6. The van der Waals surface area contributed by atoms with E-state index >= 15 is 0 Å². The zero-order chi connectivity index (χ0) is 35.2. The zero-order valence-electron chi connectivity index (χ0n) is 29.0. The number of fused-ring (bicyclic) bond motifs is 9. The van der Waals surface area contributed by atoms with E-state index in [1.165, 1.54) is 0 Å². The number of amides is 1. The molecule has 1 saturated heterocycles. The highest BCUT2D eigenvalue weighted by molar-refractivity contribution is 5.87. The van der Waals surface area contributed by atoms with Gasteiger partial charge in [-0.25, -0.2) is 0 Å². The fourth-order valence-corrected chi connectivity index (χ4v) is 8.27. The number of aryl methyl sites for hydroxylation is 1. The van der Waals surface area contributed by atoms with Crippen molar-refractivity contribution < 1.29 is 38.3 Å². The Kier molecular flexibility index (Phi) is 8.83. The first-order valence-corrected chi connectivity index (χ1v) is 17.4. The van der Waals surface area contributed by atoms with Crippen molar-refractivity contribution >= 4 is 5.91 Å². The Bertz CT molecular complexity index is 1970. The highest BCUT2D eigenvalue weighted by Gasteiger charge is 2.57. The van der Waals surface area contributed by atoms with Crippen molar-refractivity contribution in [2.75, 3.05) is 27.1 Å². The van der Waals surface area contributed by atoms with Crippen LogP contribution in [0, 0.1) is 13.8 Å². The smallest absolute Gasteiger partial charge is 0.241 e. The van der Waals surface area contributed by atoms with E-state index in [0.29, 0.717) is 65.1 Å². The van der Waals surface area contributed by atoms with Crippen LogP contribution in [0.3, 0.4) is 0 Å². The Morgan fingerprint density at radius 2 is 1.63 bits per heavy atom. The Hall–Kier alpha value is -5.03. The molecule has 1 fully saturated rings. The maximum absolute atomic E-state index is 14.7. The Morgan fingerprint density at radius 3 is 2.33 bits per heavy atom. The van der Waals surface area contributed by atoms with Crippen molar-refractivity contribution in [2.24, 2.45) is 0 Å². The minimum Gasteiger partial charge on any atom is -0.493 e.